The van der Waals surface area contributed by atoms with Gasteiger partial charge in [0.05, 0.1) is 33.0 Å². The number of benzene rings is 1. The smallest absolute Gasteiger partial charge is 0.407 e. The van der Waals surface area contributed by atoms with Crippen molar-refractivity contribution in [1.82, 2.24) is 20.1 Å². The van der Waals surface area contributed by atoms with E-state index in [9.17, 15) is 9.59 Å². The van der Waals surface area contributed by atoms with Crippen LogP contribution >= 0.6 is 22.6 Å². The van der Waals surface area contributed by atoms with E-state index in [0.717, 1.165) is 9.09 Å². The van der Waals surface area contributed by atoms with E-state index < -0.39 is 11.7 Å². The van der Waals surface area contributed by atoms with Crippen LogP contribution in [-0.4, -0.2) is 59.4 Å². The molecule has 1 N–H and O–H groups in total. The van der Waals surface area contributed by atoms with E-state index in [2.05, 4.69) is 38.0 Å². The summed E-state index contributed by atoms with van der Waals surface area (Å²) in [6, 6.07) is 8.73. The van der Waals surface area contributed by atoms with Gasteiger partial charge in [-0.2, -0.15) is 5.10 Å². The molecule has 1 aromatic carbocycles. The Morgan fingerprint density at radius 1 is 1.12 bits per heavy atom. The number of carbonyl (C=O) groups excluding carboxylic acids is 1. The zero-order valence-corrected chi connectivity index (χ0v) is 21.0. The fourth-order valence-electron chi connectivity index (χ4n) is 2.75. The number of oxazole rings is 1. The van der Waals surface area contributed by atoms with Crippen molar-refractivity contribution in [1.29, 1.82) is 0 Å². The molecule has 33 heavy (non-hydrogen) atoms. The Balaban J connectivity index is 1.38. The zero-order chi connectivity index (χ0) is 23.8. The molecule has 0 radical (unpaired) electrons. The highest BCUT2D eigenvalue weighted by Crippen LogP contribution is 2.23. The maximum Gasteiger partial charge on any atom is 0.407 e. The van der Waals surface area contributed by atoms with E-state index in [-0.39, 0.29) is 12.1 Å². The summed E-state index contributed by atoms with van der Waals surface area (Å²) in [7, 11) is 0. The van der Waals surface area contributed by atoms with Crippen molar-refractivity contribution in [2.45, 2.75) is 32.9 Å². The van der Waals surface area contributed by atoms with Crippen molar-refractivity contribution in [2.75, 3.05) is 33.0 Å². The molecule has 10 nitrogen and oxygen atoms in total. The Morgan fingerprint density at radius 2 is 1.88 bits per heavy atom. The molecule has 0 aliphatic carbocycles. The van der Waals surface area contributed by atoms with Crippen LogP contribution in [0.3, 0.4) is 0 Å². The number of amides is 1. The Kier molecular flexibility index (Phi) is 8.80. The molecule has 2 aromatic heterocycles. The van der Waals surface area contributed by atoms with Gasteiger partial charge in [0.15, 0.2) is 5.58 Å². The van der Waals surface area contributed by atoms with Crippen molar-refractivity contribution in [2.24, 2.45) is 0 Å². The molecule has 0 aliphatic heterocycles. The highest BCUT2D eigenvalue weighted by molar-refractivity contribution is 14.1. The van der Waals surface area contributed by atoms with E-state index in [1.807, 2.05) is 18.2 Å². The van der Waals surface area contributed by atoms with E-state index >= 15 is 0 Å². The minimum absolute atomic E-state index is 0.238. The largest absolute Gasteiger partial charge is 0.444 e. The van der Waals surface area contributed by atoms with Crippen LogP contribution in [0.2, 0.25) is 0 Å². The first-order valence-electron chi connectivity index (χ1n) is 10.5. The molecule has 11 heteroatoms. The average molecular weight is 570 g/mol. The first-order valence-corrected chi connectivity index (χ1v) is 11.6. The fourth-order valence-corrected chi connectivity index (χ4v) is 3.22. The lowest BCUT2D eigenvalue weighted by Crippen LogP contribution is -2.34. The highest BCUT2D eigenvalue weighted by atomic mass is 127. The summed E-state index contributed by atoms with van der Waals surface area (Å²) in [5.41, 5.74) is 1.10. The summed E-state index contributed by atoms with van der Waals surface area (Å²) in [6.07, 6.45) is -0.477. The lowest BCUT2D eigenvalue weighted by Gasteiger charge is -2.19. The predicted molar refractivity (Wildman–Crippen MR) is 130 cm³/mol. The Bertz CT molecular complexity index is 1140. The van der Waals surface area contributed by atoms with Gasteiger partial charge in [0.2, 0.25) is 5.89 Å². The van der Waals surface area contributed by atoms with Crippen LogP contribution in [0, 0.1) is 3.57 Å². The molecule has 1 amide bonds. The molecule has 0 atom stereocenters. The minimum atomic E-state index is -0.531. The van der Waals surface area contributed by atoms with Gasteiger partial charge in [-0.3, -0.25) is 4.79 Å². The fraction of sp³-hybridized carbons (Fsp3) is 0.455. The Hall–Kier alpha value is -2.51. The van der Waals surface area contributed by atoms with E-state index in [4.69, 9.17) is 18.6 Å². The average Bonchev–Trinajstić information content (AvgIpc) is 3.15. The minimum Gasteiger partial charge on any atom is -0.444 e. The van der Waals surface area contributed by atoms with E-state index in [1.54, 1.807) is 26.8 Å². The van der Waals surface area contributed by atoms with Gasteiger partial charge in [0.25, 0.3) is 5.56 Å². The summed E-state index contributed by atoms with van der Waals surface area (Å²) >= 11 is 2.21. The number of hydrogen-bond acceptors (Lipinski definition) is 8. The van der Waals surface area contributed by atoms with Crippen molar-refractivity contribution < 1.29 is 23.4 Å². The van der Waals surface area contributed by atoms with Crippen LogP contribution in [0.25, 0.3) is 22.7 Å². The van der Waals surface area contributed by atoms with Gasteiger partial charge in [0, 0.05) is 16.2 Å². The number of fused-ring (bicyclic) bond motifs is 1. The maximum atomic E-state index is 12.1. The molecule has 0 spiro atoms. The highest BCUT2D eigenvalue weighted by Gasteiger charge is 2.15. The SMILES string of the molecule is CC(C)(C)OC(=O)NCCOCCOCCn1nc(-c2nc3cc(I)ccc3o2)ccc1=O. The van der Waals surface area contributed by atoms with Crippen LogP contribution in [0.1, 0.15) is 20.8 Å². The lowest BCUT2D eigenvalue weighted by molar-refractivity contribution is 0.0376. The number of halogens is 1. The molecule has 0 saturated heterocycles. The number of hydrogen-bond donors (Lipinski definition) is 1. The second-order valence-electron chi connectivity index (χ2n) is 8.06. The zero-order valence-electron chi connectivity index (χ0n) is 18.8. The summed E-state index contributed by atoms with van der Waals surface area (Å²) < 4.78 is 24.2. The van der Waals surface area contributed by atoms with Gasteiger partial charge in [0.1, 0.15) is 16.8 Å². The molecule has 178 valence electrons. The number of alkyl carbamates (subject to hydrolysis) is 1. The number of carbonyl (C=O) groups is 1. The molecule has 2 heterocycles. The van der Waals surface area contributed by atoms with Crippen LogP contribution in [0.15, 0.2) is 39.5 Å². The maximum absolute atomic E-state index is 12.1. The second-order valence-corrected chi connectivity index (χ2v) is 9.31. The molecule has 0 fully saturated rings. The third-order valence-corrected chi connectivity index (χ3v) is 4.84. The number of ether oxygens (including phenoxy) is 3. The molecule has 3 rings (SSSR count). The molecule has 0 bridgehead atoms. The number of nitrogens with one attached hydrogen (secondary N) is 1. The number of rotatable bonds is 10. The summed E-state index contributed by atoms with van der Waals surface area (Å²) in [4.78, 5) is 28.1. The standard InChI is InChI=1S/C22H27IN4O6/c1-22(2,3)33-21(29)24-8-10-30-12-13-31-11-9-27-19(28)7-5-16(26-27)20-25-17-14-15(23)4-6-18(17)32-20/h4-7,14H,8-13H2,1-3H3,(H,24,29). The van der Waals surface area contributed by atoms with Gasteiger partial charge in [-0.1, -0.05) is 0 Å². The summed E-state index contributed by atoms with van der Waals surface area (Å²) in [6.45, 7) is 7.38. The topological polar surface area (TPSA) is 118 Å². The van der Waals surface area contributed by atoms with Crippen molar-refractivity contribution >= 4 is 39.8 Å². The van der Waals surface area contributed by atoms with Crippen LogP contribution in [0.5, 0.6) is 0 Å². The van der Waals surface area contributed by atoms with Gasteiger partial charge in [-0.15, -0.1) is 0 Å². The second kappa shape index (κ2) is 11.6. The van der Waals surface area contributed by atoms with Crippen LogP contribution in [0.4, 0.5) is 4.79 Å². The normalized spacial score (nSPS) is 11.6. The lowest BCUT2D eigenvalue weighted by atomic mass is 10.2. The number of nitrogens with zero attached hydrogens (tertiary/aromatic N) is 3. The predicted octanol–water partition coefficient (Wildman–Crippen LogP) is 3.21. The first kappa shape index (κ1) is 25.1. The molecular weight excluding hydrogens is 543 g/mol. The molecule has 0 unspecified atom stereocenters. The molecular formula is C22H27IN4O6. The van der Waals surface area contributed by atoms with Crippen LogP contribution in [-0.2, 0) is 20.8 Å². The molecule has 3 aromatic rings. The Labute approximate surface area is 204 Å². The third kappa shape index (κ3) is 8.09. The van der Waals surface area contributed by atoms with Crippen molar-refractivity contribution in [3.63, 3.8) is 0 Å². The van der Waals surface area contributed by atoms with Gasteiger partial charge in [-0.05, 0) is 67.6 Å². The molecule has 0 saturated carbocycles. The Morgan fingerprint density at radius 3 is 2.64 bits per heavy atom. The van der Waals surface area contributed by atoms with E-state index in [0.29, 0.717) is 50.1 Å². The van der Waals surface area contributed by atoms with Crippen molar-refractivity contribution in [3.8, 4) is 11.6 Å². The number of aromatic nitrogens is 3. The summed E-state index contributed by atoms with van der Waals surface area (Å²) in [5.74, 6) is 0.357. The van der Waals surface area contributed by atoms with E-state index in [1.165, 1.54) is 10.7 Å². The summed E-state index contributed by atoms with van der Waals surface area (Å²) in [5, 5.41) is 6.96. The quantitative estimate of drug-likeness (QED) is 0.292. The van der Waals surface area contributed by atoms with Gasteiger partial charge < -0.3 is 23.9 Å². The van der Waals surface area contributed by atoms with Crippen molar-refractivity contribution in [3.05, 3.63) is 44.3 Å². The van der Waals surface area contributed by atoms with Gasteiger partial charge >= 0.3 is 6.09 Å². The molecule has 0 aliphatic rings. The third-order valence-electron chi connectivity index (χ3n) is 4.17. The van der Waals surface area contributed by atoms with Crippen LogP contribution < -0.4 is 10.9 Å². The first-order chi connectivity index (χ1) is 15.7. The monoisotopic (exact) mass is 570 g/mol. The van der Waals surface area contributed by atoms with Gasteiger partial charge in [-0.25, -0.2) is 14.5 Å².